The monoisotopic (exact) mass is 243 g/mol. The van der Waals surface area contributed by atoms with Gasteiger partial charge in [-0.1, -0.05) is 18.1 Å². The molecule has 3 rings (SSSR count). The van der Waals surface area contributed by atoms with Crippen molar-refractivity contribution in [3.05, 3.63) is 34.9 Å². The third kappa shape index (κ3) is 1.40. The molecule has 0 saturated heterocycles. The molecule has 1 unspecified atom stereocenters. The highest BCUT2D eigenvalue weighted by Crippen LogP contribution is 2.53. The predicted octanol–water partition coefficient (Wildman–Crippen LogP) is 3.35. The summed E-state index contributed by atoms with van der Waals surface area (Å²) in [6.45, 7) is 4.29. The zero-order valence-electron chi connectivity index (χ0n) is 10.7. The molecule has 3 nitrogen and oxygen atoms in total. The lowest BCUT2D eigenvalue weighted by atomic mass is 9.71. The Morgan fingerprint density at radius 3 is 2.83 bits per heavy atom. The second kappa shape index (κ2) is 3.61. The fourth-order valence-corrected chi connectivity index (χ4v) is 3.52. The fraction of sp³-hybridized carbons (Fsp3) is 0.400. The molecule has 3 heteroatoms. The maximum Gasteiger partial charge on any atom is 0.115 e. The van der Waals surface area contributed by atoms with Gasteiger partial charge in [0, 0.05) is 0 Å². The predicted molar refractivity (Wildman–Crippen MR) is 71.0 cm³/mol. The zero-order chi connectivity index (χ0) is 12.9. The second-order valence-electron chi connectivity index (χ2n) is 5.63. The van der Waals surface area contributed by atoms with Gasteiger partial charge in [0.1, 0.15) is 5.75 Å². The van der Waals surface area contributed by atoms with Crippen LogP contribution in [0.15, 0.2) is 28.9 Å². The Balaban J connectivity index is 2.25. The number of rotatable bonds is 0. The van der Waals surface area contributed by atoms with Crippen molar-refractivity contribution in [3.63, 3.8) is 0 Å². The largest absolute Gasteiger partial charge is 0.508 e. The van der Waals surface area contributed by atoms with Gasteiger partial charge in [-0.25, -0.2) is 0 Å². The van der Waals surface area contributed by atoms with Gasteiger partial charge in [0.15, 0.2) is 0 Å². The summed E-state index contributed by atoms with van der Waals surface area (Å²) in [4.78, 5) is 0. The van der Waals surface area contributed by atoms with Gasteiger partial charge in [0.05, 0.1) is 5.71 Å². The van der Waals surface area contributed by atoms with Gasteiger partial charge < -0.3 is 10.3 Å². The molecular weight excluding hydrogens is 226 g/mol. The molecule has 0 saturated carbocycles. The van der Waals surface area contributed by atoms with Crippen molar-refractivity contribution in [2.24, 2.45) is 10.6 Å². The molecule has 0 aromatic heterocycles. The van der Waals surface area contributed by atoms with Gasteiger partial charge in [-0.15, -0.1) is 0 Å². The van der Waals surface area contributed by atoms with E-state index in [1.165, 1.54) is 16.7 Å². The van der Waals surface area contributed by atoms with Crippen LogP contribution < -0.4 is 0 Å². The van der Waals surface area contributed by atoms with E-state index in [2.05, 4.69) is 12.1 Å². The Labute approximate surface area is 106 Å². The van der Waals surface area contributed by atoms with Crippen molar-refractivity contribution in [3.8, 4) is 5.75 Å². The molecule has 1 aromatic carbocycles. The Morgan fingerprint density at radius 2 is 2.11 bits per heavy atom. The van der Waals surface area contributed by atoms with E-state index in [9.17, 15) is 5.11 Å². The molecule has 0 radical (unpaired) electrons. The maximum absolute atomic E-state index is 9.60. The first-order valence-electron chi connectivity index (χ1n) is 6.30. The minimum absolute atomic E-state index is 0.119. The third-order valence-corrected chi connectivity index (χ3v) is 4.38. The van der Waals surface area contributed by atoms with Gasteiger partial charge in [-0.3, -0.25) is 0 Å². The van der Waals surface area contributed by atoms with Crippen LogP contribution in [0.25, 0.3) is 5.57 Å². The van der Waals surface area contributed by atoms with E-state index < -0.39 is 0 Å². The average molecular weight is 243 g/mol. The van der Waals surface area contributed by atoms with E-state index in [-0.39, 0.29) is 5.41 Å². The third-order valence-electron chi connectivity index (χ3n) is 4.38. The van der Waals surface area contributed by atoms with Crippen LogP contribution in [0, 0.1) is 5.41 Å². The molecule has 1 atom stereocenters. The molecule has 0 amide bonds. The van der Waals surface area contributed by atoms with E-state index in [0.29, 0.717) is 5.75 Å². The molecule has 0 heterocycles. The lowest BCUT2D eigenvalue weighted by molar-refractivity contribution is 0.315. The van der Waals surface area contributed by atoms with E-state index in [1.54, 1.807) is 6.07 Å². The Morgan fingerprint density at radius 1 is 1.33 bits per heavy atom. The fourth-order valence-electron chi connectivity index (χ4n) is 3.52. The van der Waals surface area contributed by atoms with Crippen molar-refractivity contribution in [1.82, 2.24) is 0 Å². The van der Waals surface area contributed by atoms with Gasteiger partial charge in [0.25, 0.3) is 0 Å². The van der Waals surface area contributed by atoms with Crippen molar-refractivity contribution in [1.29, 1.82) is 0 Å². The summed E-state index contributed by atoms with van der Waals surface area (Å²) in [5, 5.41) is 22.1. The summed E-state index contributed by atoms with van der Waals surface area (Å²) < 4.78 is 0. The first kappa shape index (κ1) is 11.3. The standard InChI is InChI=1S/C15H17NO2/c1-9-13(16-18)5-6-15(2)8-10-7-11(17)3-4-12(10)14(9)15/h3-4,7,17-18H,5-6,8H2,1-2H3/b16-13+. The topological polar surface area (TPSA) is 52.8 Å². The van der Waals surface area contributed by atoms with Crippen LogP contribution in [0.5, 0.6) is 5.75 Å². The number of phenolic OH excluding ortho intramolecular Hbond substituents is 1. The van der Waals surface area contributed by atoms with Gasteiger partial charge in [0.2, 0.25) is 0 Å². The molecule has 0 bridgehead atoms. The lowest BCUT2D eigenvalue weighted by Gasteiger charge is -2.32. The average Bonchev–Trinajstić information content (AvgIpc) is 2.61. The van der Waals surface area contributed by atoms with Gasteiger partial charge >= 0.3 is 0 Å². The number of fused-ring (bicyclic) bond motifs is 3. The highest BCUT2D eigenvalue weighted by atomic mass is 16.4. The van der Waals surface area contributed by atoms with Crippen LogP contribution in [0.3, 0.4) is 0 Å². The number of allylic oxidation sites excluding steroid dienone is 2. The molecule has 94 valence electrons. The summed E-state index contributed by atoms with van der Waals surface area (Å²) in [6.07, 6.45) is 2.78. The van der Waals surface area contributed by atoms with Crippen LogP contribution in [0.4, 0.5) is 0 Å². The molecule has 18 heavy (non-hydrogen) atoms. The Kier molecular flexibility index (Phi) is 2.27. The number of aromatic hydroxyl groups is 1. The Bertz CT molecular complexity index is 586. The second-order valence-corrected chi connectivity index (χ2v) is 5.63. The number of nitrogens with zero attached hydrogens (tertiary/aromatic N) is 1. The highest BCUT2D eigenvalue weighted by Gasteiger charge is 2.42. The summed E-state index contributed by atoms with van der Waals surface area (Å²) >= 11 is 0. The minimum atomic E-state index is 0.119. The molecule has 0 fully saturated rings. The number of hydrogen-bond donors (Lipinski definition) is 2. The van der Waals surface area contributed by atoms with Crippen molar-refractivity contribution in [2.75, 3.05) is 0 Å². The molecule has 1 aromatic rings. The van der Waals surface area contributed by atoms with Gasteiger partial charge in [-0.2, -0.15) is 0 Å². The van der Waals surface area contributed by atoms with Crippen molar-refractivity contribution in [2.45, 2.75) is 33.1 Å². The van der Waals surface area contributed by atoms with Crippen LogP contribution in [-0.4, -0.2) is 16.0 Å². The molecular formula is C15H17NO2. The first-order valence-corrected chi connectivity index (χ1v) is 6.30. The summed E-state index contributed by atoms with van der Waals surface area (Å²) in [7, 11) is 0. The van der Waals surface area contributed by atoms with Crippen LogP contribution in [-0.2, 0) is 6.42 Å². The number of hydrogen-bond acceptors (Lipinski definition) is 3. The molecule has 2 N–H and O–H groups in total. The van der Waals surface area contributed by atoms with Crippen LogP contribution in [0.1, 0.15) is 37.8 Å². The molecule has 2 aliphatic rings. The zero-order valence-corrected chi connectivity index (χ0v) is 10.7. The smallest absolute Gasteiger partial charge is 0.115 e. The van der Waals surface area contributed by atoms with Crippen molar-refractivity contribution >= 4 is 11.3 Å². The summed E-state index contributed by atoms with van der Waals surface area (Å²) in [6, 6.07) is 5.57. The molecule has 0 spiro atoms. The molecule has 2 aliphatic carbocycles. The van der Waals surface area contributed by atoms with E-state index in [0.717, 1.165) is 30.5 Å². The maximum atomic E-state index is 9.60. The van der Waals surface area contributed by atoms with E-state index in [4.69, 9.17) is 5.21 Å². The number of benzene rings is 1. The van der Waals surface area contributed by atoms with E-state index >= 15 is 0 Å². The minimum Gasteiger partial charge on any atom is -0.508 e. The molecule has 0 aliphatic heterocycles. The van der Waals surface area contributed by atoms with Crippen LogP contribution >= 0.6 is 0 Å². The van der Waals surface area contributed by atoms with Gasteiger partial charge in [-0.05, 0) is 66.0 Å². The quantitative estimate of drug-likeness (QED) is 0.542. The van der Waals surface area contributed by atoms with Crippen molar-refractivity contribution < 1.29 is 10.3 Å². The van der Waals surface area contributed by atoms with E-state index in [1.807, 2.05) is 19.1 Å². The SMILES string of the molecule is CC1=C2c3ccc(O)cc3CC2(C)CC/C1=N\O. The number of phenols is 1. The lowest BCUT2D eigenvalue weighted by Crippen LogP contribution is -2.24. The summed E-state index contributed by atoms with van der Waals surface area (Å²) in [5.41, 5.74) is 5.70. The highest BCUT2D eigenvalue weighted by molar-refractivity contribution is 6.08. The normalized spacial score (nSPS) is 28.4. The summed E-state index contributed by atoms with van der Waals surface area (Å²) in [5.74, 6) is 0.324. The number of oxime groups is 1. The Hall–Kier alpha value is -1.77. The first-order chi connectivity index (χ1) is 8.55. The van der Waals surface area contributed by atoms with Crippen LogP contribution in [0.2, 0.25) is 0 Å².